The van der Waals surface area contributed by atoms with Gasteiger partial charge in [0.1, 0.15) is 0 Å². The molecule has 0 aromatic heterocycles. The molecule has 1 aromatic rings. The van der Waals surface area contributed by atoms with Crippen LogP contribution in [0.2, 0.25) is 0 Å². The minimum absolute atomic E-state index is 0.202. The lowest BCUT2D eigenvalue weighted by Gasteiger charge is -2.48. The van der Waals surface area contributed by atoms with Crippen LogP contribution in [0.25, 0.3) is 0 Å². The molecule has 2 unspecified atom stereocenters. The highest BCUT2D eigenvalue weighted by atomic mass is 16.5. The minimum Gasteiger partial charge on any atom is -0.359 e. The molecule has 2 atom stereocenters. The number of benzene rings is 1. The first-order valence-electron chi connectivity index (χ1n) is 10.2. The van der Waals surface area contributed by atoms with Gasteiger partial charge in [-0.15, -0.1) is 0 Å². The van der Waals surface area contributed by atoms with Crippen LogP contribution in [0.15, 0.2) is 24.3 Å². The Bertz CT molecular complexity index is 600. The van der Waals surface area contributed by atoms with Crippen LogP contribution in [0.4, 0.5) is 0 Å². The molecule has 2 nitrogen and oxygen atoms in total. The first kappa shape index (κ1) is 9.22. The van der Waals surface area contributed by atoms with Crippen molar-refractivity contribution in [1.82, 2.24) is 4.90 Å². The van der Waals surface area contributed by atoms with Crippen molar-refractivity contribution in [2.75, 3.05) is 20.2 Å². The van der Waals surface area contributed by atoms with Gasteiger partial charge in [-0.2, -0.15) is 0 Å². The molecule has 0 N–H and O–H groups in total. The maximum Gasteiger partial charge on any atom is 0.0995 e. The average Bonchev–Trinajstić information content (AvgIpc) is 2.49. The second-order valence-electron chi connectivity index (χ2n) is 6.29. The van der Waals surface area contributed by atoms with Gasteiger partial charge in [0.15, 0.2) is 0 Å². The number of rotatable bonds is 2. The van der Waals surface area contributed by atoms with Gasteiger partial charge in [-0.05, 0) is 51.1 Å². The second-order valence-corrected chi connectivity index (χ2v) is 6.29. The van der Waals surface area contributed by atoms with Crippen LogP contribution in [0.1, 0.15) is 50.1 Å². The zero-order valence-electron chi connectivity index (χ0n) is 17.2. The molecule has 2 fully saturated rings. The lowest BCUT2D eigenvalue weighted by atomic mass is 9.70. The van der Waals surface area contributed by atoms with Crippen LogP contribution in [0.5, 0.6) is 0 Å². The normalized spacial score (nSPS) is 38.5. The maximum absolute atomic E-state index is 8.21. The summed E-state index contributed by atoms with van der Waals surface area (Å²) >= 11 is 0. The van der Waals surface area contributed by atoms with Gasteiger partial charge in [-0.3, -0.25) is 4.90 Å². The van der Waals surface area contributed by atoms with E-state index in [1.54, 1.807) is 0 Å². The third-order valence-corrected chi connectivity index (χ3v) is 4.87. The van der Waals surface area contributed by atoms with E-state index in [2.05, 4.69) is 31.2 Å². The predicted molar refractivity (Wildman–Crippen MR) is 82.8 cm³/mol. The van der Waals surface area contributed by atoms with E-state index in [9.17, 15) is 0 Å². The molecule has 0 radical (unpaired) electrons. The maximum atomic E-state index is 8.21. The van der Waals surface area contributed by atoms with Gasteiger partial charge in [0.05, 0.1) is 15.0 Å². The summed E-state index contributed by atoms with van der Waals surface area (Å²) in [7, 11) is 0. The number of hydrogen-bond donors (Lipinski definition) is 0. The molecular weight excluding hydrogens is 246 g/mol. The Labute approximate surface area is 130 Å². The Balaban J connectivity index is 1.81. The first-order chi connectivity index (χ1) is 11.6. The zero-order valence-corrected chi connectivity index (χ0v) is 12.2. The first-order valence-corrected chi connectivity index (χ1v) is 7.66. The van der Waals surface area contributed by atoms with Gasteiger partial charge in [0, 0.05) is 10.7 Å². The van der Waals surface area contributed by atoms with Crippen LogP contribution >= 0.6 is 0 Å². The van der Waals surface area contributed by atoms with Gasteiger partial charge in [-0.1, -0.05) is 42.7 Å². The zero-order chi connectivity index (χ0) is 18.3. The summed E-state index contributed by atoms with van der Waals surface area (Å²) < 4.78 is 45.1. The summed E-state index contributed by atoms with van der Waals surface area (Å²) in [6.45, 7) is -2.47. The molecular formula is C18H27NO. The quantitative estimate of drug-likeness (QED) is 0.816. The Hall–Kier alpha value is -0.860. The Morgan fingerprint density at radius 1 is 1.35 bits per heavy atom. The molecule has 1 saturated heterocycles. The van der Waals surface area contributed by atoms with Crippen molar-refractivity contribution in [3.05, 3.63) is 35.4 Å². The van der Waals surface area contributed by atoms with Crippen molar-refractivity contribution in [3.8, 4) is 0 Å². The van der Waals surface area contributed by atoms with E-state index < -0.39 is 19.3 Å². The summed E-state index contributed by atoms with van der Waals surface area (Å²) in [5.41, 5.74) is 1.90. The number of ether oxygens (including phenoxy) is 1. The van der Waals surface area contributed by atoms with Gasteiger partial charge in [0.25, 0.3) is 0 Å². The Kier molecular flexibility index (Phi) is 2.70. The van der Waals surface area contributed by atoms with Crippen molar-refractivity contribution >= 4 is 0 Å². The lowest BCUT2D eigenvalue weighted by molar-refractivity contribution is -0.174. The van der Waals surface area contributed by atoms with Gasteiger partial charge in [-0.25, -0.2) is 0 Å². The Morgan fingerprint density at radius 2 is 2.20 bits per heavy atom. The fourth-order valence-corrected chi connectivity index (χ4v) is 3.59. The molecule has 0 bridgehead atoms. The van der Waals surface area contributed by atoms with Crippen LogP contribution in [-0.2, 0) is 11.2 Å². The SMILES string of the molecule is [2H]C([2H])([2H])N1CCC2(CCCCC2Cc2ccc(C)cc2)OC1([2H])[2H]. The molecule has 1 aliphatic carbocycles. The third-order valence-electron chi connectivity index (χ3n) is 4.87. The summed E-state index contributed by atoms with van der Waals surface area (Å²) in [5.74, 6) is 0.220. The van der Waals surface area contributed by atoms with E-state index >= 15 is 0 Å². The summed E-state index contributed by atoms with van der Waals surface area (Å²) in [5, 5.41) is 0. The van der Waals surface area contributed by atoms with Crippen LogP contribution < -0.4 is 0 Å². The standard InChI is InChI=1S/C18H27NO/c1-15-6-8-16(9-7-15)13-17-5-3-4-10-18(17)11-12-19(2)14-20-18/h6-9,17H,3-5,10-14H2,1-2H3/i2D3,14D2. The topological polar surface area (TPSA) is 12.5 Å². The second kappa shape index (κ2) is 5.87. The van der Waals surface area contributed by atoms with Crippen molar-refractivity contribution in [2.45, 2.75) is 51.0 Å². The predicted octanol–water partition coefficient (Wildman–Crippen LogP) is 3.78. The van der Waals surface area contributed by atoms with Crippen molar-refractivity contribution < 1.29 is 11.6 Å². The highest BCUT2D eigenvalue weighted by Gasteiger charge is 2.43. The highest BCUT2D eigenvalue weighted by Crippen LogP contribution is 2.42. The van der Waals surface area contributed by atoms with E-state index in [-0.39, 0.29) is 12.5 Å². The van der Waals surface area contributed by atoms with Crippen molar-refractivity contribution in [2.24, 2.45) is 5.92 Å². The number of hydrogen-bond acceptors (Lipinski definition) is 2. The van der Waals surface area contributed by atoms with Gasteiger partial charge < -0.3 is 4.74 Å². The van der Waals surface area contributed by atoms with E-state index in [4.69, 9.17) is 11.6 Å². The summed E-state index contributed by atoms with van der Waals surface area (Å²) in [6.07, 6.45) is 5.35. The van der Waals surface area contributed by atoms with Gasteiger partial charge in [0.2, 0.25) is 0 Å². The Morgan fingerprint density at radius 3 is 2.95 bits per heavy atom. The molecule has 110 valence electrons. The lowest BCUT2D eigenvalue weighted by Crippen LogP contribution is -2.52. The van der Waals surface area contributed by atoms with Crippen molar-refractivity contribution in [1.29, 1.82) is 0 Å². The molecule has 1 aromatic carbocycles. The van der Waals surface area contributed by atoms with Crippen LogP contribution in [0, 0.1) is 12.8 Å². The molecule has 1 heterocycles. The van der Waals surface area contributed by atoms with E-state index in [0.717, 1.165) is 37.0 Å². The fraction of sp³-hybridized carbons (Fsp3) is 0.667. The smallest absolute Gasteiger partial charge is 0.0995 e. The highest BCUT2D eigenvalue weighted by molar-refractivity contribution is 5.22. The minimum atomic E-state index is -2.48. The molecule has 3 rings (SSSR count). The molecule has 20 heavy (non-hydrogen) atoms. The molecule has 1 spiro atoms. The third kappa shape index (κ3) is 2.91. The molecule has 0 amide bonds. The van der Waals surface area contributed by atoms with Crippen LogP contribution in [0.3, 0.4) is 0 Å². The summed E-state index contributed by atoms with van der Waals surface area (Å²) in [4.78, 5) is 0.878. The number of nitrogens with zero attached hydrogens (tertiary/aromatic N) is 1. The average molecular weight is 278 g/mol. The van der Waals surface area contributed by atoms with E-state index in [1.807, 2.05) is 0 Å². The molecule has 2 aliphatic rings. The molecule has 2 heteroatoms. The molecule has 1 saturated carbocycles. The van der Waals surface area contributed by atoms with Crippen molar-refractivity contribution in [3.63, 3.8) is 0 Å². The monoisotopic (exact) mass is 278 g/mol. The van der Waals surface area contributed by atoms with Crippen LogP contribution in [-0.4, -0.2) is 30.7 Å². The number of aryl methyl sites for hydroxylation is 1. The van der Waals surface area contributed by atoms with E-state index in [0.29, 0.717) is 6.42 Å². The van der Waals surface area contributed by atoms with Gasteiger partial charge >= 0.3 is 0 Å². The van der Waals surface area contributed by atoms with E-state index in [1.165, 1.54) is 11.1 Å². The summed E-state index contributed by atoms with van der Waals surface area (Å²) in [6, 6.07) is 8.46. The fourth-order valence-electron chi connectivity index (χ4n) is 3.59. The largest absolute Gasteiger partial charge is 0.359 e. The molecule has 1 aliphatic heterocycles.